The topological polar surface area (TPSA) is 81.7 Å². The van der Waals surface area contributed by atoms with Gasteiger partial charge in [0.05, 0.1) is 24.3 Å². The van der Waals surface area contributed by atoms with Crippen LogP contribution in [0.5, 0.6) is 0 Å². The Balaban J connectivity index is 1.75. The van der Waals surface area contributed by atoms with Crippen LogP contribution in [0.1, 0.15) is 45.7 Å². The Hall–Kier alpha value is -3.51. The first-order chi connectivity index (χ1) is 15.0. The average Bonchev–Trinajstić information content (AvgIpc) is 2.78. The van der Waals surface area contributed by atoms with E-state index in [1.54, 1.807) is 62.4 Å². The van der Waals surface area contributed by atoms with Crippen molar-refractivity contribution >= 4 is 29.9 Å². The Bertz CT molecular complexity index is 935. The highest BCUT2D eigenvalue weighted by Gasteiger charge is 2.20. The monoisotopic (exact) mass is 419 g/mol. The summed E-state index contributed by atoms with van der Waals surface area (Å²) in [6.45, 7) is 5.11. The lowest BCUT2D eigenvalue weighted by Gasteiger charge is -2.18. The van der Waals surface area contributed by atoms with Crippen LogP contribution < -0.4 is 5.32 Å². The molecule has 1 aliphatic heterocycles. The lowest BCUT2D eigenvalue weighted by atomic mass is 9.95. The Morgan fingerprint density at radius 3 is 1.52 bits per heavy atom. The second-order valence-corrected chi connectivity index (χ2v) is 6.96. The fourth-order valence-corrected chi connectivity index (χ4v) is 3.19. The van der Waals surface area contributed by atoms with E-state index in [1.807, 2.05) is 12.2 Å². The van der Waals surface area contributed by atoms with Crippen LogP contribution >= 0.6 is 0 Å². The van der Waals surface area contributed by atoms with E-state index in [1.165, 1.54) is 0 Å². The normalized spacial score (nSPS) is 16.4. The third kappa shape index (κ3) is 5.77. The van der Waals surface area contributed by atoms with Gasteiger partial charge >= 0.3 is 11.9 Å². The first kappa shape index (κ1) is 22.2. The smallest absolute Gasteiger partial charge is 0.338 e. The second kappa shape index (κ2) is 10.5. The largest absolute Gasteiger partial charge is 0.462 e. The Morgan fingerprint density at radius 1 is 0.774 bits per heavy atom. The van der Waals surface area contributed by atoms with Gasteiger partial charge in [-0.2, -0.15) is 0 Å². The molecule has 1 aliphatic rings. The van der Waals surface area contributed by atoms with Gasteiger partial charge in [0.15, 0.2) is 5.78 Å². The zero-order valence-electron chi connectivity index (χ0n) is 17.6. The van der Waals surface area contributed by atoms with E-state index >= 15 is 0 Å². The summed E-state index contributed by atoms with van der Waals surface area (Å²) in [5.41, 5.74) is 3.90. The molecule has 6 nitrogen and oxygen atoms in total. The summed E-state index contributed by atoms with van der Waals surface area (Å²) < 4.78 is 9.97. The molecule has 0 aliphatic carbocycles. The van der Waals surface area contributed by atoms with E-state index in [2.05, 4.69) is 5.32 Å². The summed E-state index contributed by atoms with van der Waals surface area (Å²) in [5, 5.41) is 3.24. The van der Waals surface area contributed by atoms with Crippen LogP contribution in [0.15, 0.2) is 59.7 Å². The number of ketones is 1. The summed E-state index contributed by atoms with van der Waals surface area (Å²) in [5.74, 6) is -0.754. The number of ether oxygens (including phenoxy) is 2. The molecule has 1 heterocycles. The highest BCUT2D eigenvalue weighted by atomic mass is 16.5. The molecule has 0 amide bonds. The molecule has 0 atom stereocenters. The minimum atomic E-state index is -0.365. The number of carbonyl (C=O) groups is 3. The van der Waals surface area contributed by atoms with Gasteiger partial charge in [0, 0.05) is 24.2 Å². The Morgan fingerprint density at radius 2 is 1.16 bits per heavy atom. The fourth-order valence-electron chi connectivity index (χ4n) is 3.19. The highest BCUT2D eigenvalue weighted by molar-refractivity contribution is 6.14. The van der Waals surface area contributed by atoms with Crippen molar-refractivity contribution < 1.29 is 23.9 Å². The molecular formula is C25H25NO5. The molecule has 1 saturated heterocycles. The first-order valence-electron chi connectivity index (χ1n) is 10.2. The molecule has 0 unspecified atom stereocenters. The molecule has 160 valence electrons. The lowest BCUT2D eigenvalue weighted by Crippen LogP contribution is -2.32. The van der Waals surface area contributed by atoms with Gasteiger partial charge in [-0.15, -0.1) is 0 Å². The van der Waals surface area contributed by atoms with E-state index < -0.39 is 0 Å². The molecule has 0 saturated carbocycles. The van der Waals surface area contributed by atoms with Crippen LogP contribution in [0.2, 0.25) is 0 Å². The van der Waals surface area contributed by atoms with Crippen molar-refractivity contribution in [2.24, 2.45) is 0 Å². The van der Waals surface area contributed by atoms with Crippen LogP contribution in [-0.2, 0) is 14.3 Å². The molecule has 2 aromatic rings. The van der Waals surface area contributed by atoms with Crippen molar-refractivity contribution in [2.45, 2.75) is 13.8 Å². The number of nitrogens with one attached hydrogen (secondary N) is 1. The van der Waals surface area contributed by atoms with Gasteiger partial charge in [0.2, 0.25) is 0 Å². The number of hydrogen-bond acceptors (Lipinski definition) is 6. The molecule has 31 heavy (non-hydrogen) atoms. The number of hydrogen-bond donors (Lipinski definition) is 1. The average molecular weight is 419 g/mol. The molecular weight excluding hydrogens is 394 g/mol. The van der Waals surface area contributed by atoms with Crippen LogP contribution in [0.3, 0.4) is 0 Å². The van der Waals surface area contributed by atoms with Gasteiger partial charge in [-0.25, -0.2) is 9.59 Å². The van der Waals surface area contributed by atoms with Crippen molar-refractivity contribution in [2.75, 3.05) is 26.3 Å². The molecule has 6 heteroatoms. The van der Waals surface area contributed by atoms with E-state index in [9.17, 15) is 14.4 Å². The predicted octanol–water partition coefficient (Wildman–Crippen LogP) is 3.68. The lowest BCUT2D eigenvalue weighted by molar-refractivity contribution is -0.112. The van der Waals surface area contributed by atoms with Gasteiger partial charge in [-0.1, -0.05) is 24.3 Å². The molecule has 0 aromatic heterocycles. The van der Waals surface area contributed by atoms with Crippen molar-refractivity contribution in [1.82, 2.24) is 5.32 Å². The number of rotatable bonds is 6. The third-order valence-electron chi connectivity index (χ3n) is 4.74. The van der Waals surface area contributed by atoms with Crippen LogP contribution in [0, 0.1) is 0 Å². The number of benzene rings is 2. The summed E-state index contributed by atoms with van der Waals surface area (Å²) in [4.78, 5) is 36.5. The zero-order valence-corrected chi connectivity index (χ0v) is 17.6. The number of Topliss-reactive ketones (excluding diaryl/α,β-unsaturated/α-hetero) is 1. The molecule has 1 fully saturated rings. The summed E-state index contributed by atoms with van der Waals surface area (Å²) >= 11 is 0. The van der Waals surface area contributed by atoms with Crippen LogP contribution in [-0.4, -0.2) is 44.0 Å². The molecule has 0 radical (unpaired) electrons. The maximum atomic E-state index is 12.9. The summed E-state index contributed by atoms with van der Waals surface area (Å²) in [6.07, 6.45) is 3.64. The van der Waals surface area contributed by atoms with Crippen LogP contribution in [0.25, 0.3) is 12.2 Å². The third-order valence-corrected chi connectivity index (χ3v) is 4.74. The Kier molecular flexibility index (Phi) is 7.51. The highest BCUT2D eigenvalue weighted by Crippen LogP contribution is 2.19. The SMILES string of the molecule is CCOC(=O)c1ccc(/C=C2\CNC/C(=C\c3ccc(C(=O)OCC)cc3)C2=O)cc1. The van der Waals surface area contributed by atoms with Gasteiger partial charge < -0.3 is 14.8 Å². The second-order valence-electron chi connectivity index (χ2n) is 6.96. The predicted molar refractivity (Wildman–Crippen MR) is 119 cm³/mol. The number of esters is 2. The maximum absolute atomic E-state index is 12.9. The van der Waals surface area contributed by atoms with E-state index in [4.69, 9.17) is 9.47 Å². The number of piperidine rings is 1. The molecule has 2 aromatic carbocycles. The van der Waals surface area contributed by atoms with Gasteiger partial charge in [-0.3, -0.25) is 4.79 Å². The van der Waals surface area contributed by atoms with Gasteiger partial charge in [0.25, 0.3) is 0 Å². The summed E-state index contributed by atoms with van der Waals surface area (Å²) in [6, 6.07) is 13.9. The molecule has 0 bridgehead atoms. The van der Waals surface area contributed by atoms with E-state index in [0.29, 0.717) is 48.6 Å². The molecule has 0 spiro atoms. The van der Waals surface area contributed by atoms with Crippen molar-refractivity contribution in [1.29, 1.82) is 0 Å². The first-order valence-corrected chi connectivity index (χ1v) is 10.2. The zero-order chi connectivity index (χ0) is 22.2. The van der Waals surface area contributed by atoms with E-state index in [0.717, 1.165) is 11.1 Å². The van der Waals surface area contributed by atoms with Crippen molar-refractivity contribution in [3.63, 3.8) is 0 Å². The maximum Gasteiger partial charge on any atom is 0.338 e. The van der Waals surface area contributed by atoms with Crippen molar-refractivity contribution in [3.8, 4) is 0 Å². The van der Waals surface area contributed by atoms with Crippen molar-refractivity contribution in [3.05, 3.63) is 81.9 Å². The minimum Gasteiger partial charge on any atom is -0.462 e. The standard InChI is InChI=1S/C25H25NO5/c1-3-30-24(28)19-9-5-17(6-10-19)13-21-15-26-16-22(23(21)27)14-18-7-11-20(12-8-18)25(29)31-4-2/h5-14,26H,3-4,15-16H2,1-2H3/b21-13+,22-14+. The van der Waals surface area contributed by atoms with Crippen LogP contribution in [0.4, 0.5) is 0 Å². The number of carbonyl (C=O) groups excluding carboxylic acids is 3. The summed E-state index contributed by atoms with van der Waals surface area (Å²) in [7, 11) is 0. The Labute approximate surface area is 181 Å². The minimum absolute atomic E-state index is 0.0253. The molecule has 1 N–H and O–H groups in total. The van der Waals surface area contributed by atoms with E-state index in [-0.39, 0.29) is 17.7 Å². The quantitative estimate of drug-likeness (QED) is 0.568. The molecule has 3 rings (SSSR count). The van der Waals surface area contributed by atoms with Gasteiger partial charge in [0.1, 0.15) is 0 Å². The fraction of sp³-hybridized carbons (Fsp3) is 0.240. The van der Waals surface area contributed by atoms with Gasteiger partial charge in [-0.05, 0) is 61.4 Å².